The van der Waals surface area contributed by atoms with Crippen LogP contribution < -0.4 is 10.6 Å². The number of likely N-dealkylation sites (N-methyl/N-ethyl adjacent to an activating group) is 1. The fourth-order valence-corrected chi connectivity index (χ4v) is 8.20. The molecule has 5 aliphatic rings. The fourth-order valence-electron chi connectivity index (χ4n) is 8.20. The van der Waals surface area contributed by atoms with Crippen molar-refractivity contribution >= 4 is 6.03 Å². The summed E-state index contributed by atoms with van der Waals surface area (Å²) in [5.41, 5.74) is 3.99. The van der Waals surface area contributed by atoms with Crippen molar-refractivity contribution in [1.82, 2.24) is 15.5 Å². The summed E-state index contributed by atoms with van der Waals surface area (Å²) in [6.07, 6.45) is 9.60. The smallest absolute Gasteiger partial charge is 0.315 e. The normalized spacial score (nSPS) is 32.2. The summed E-state index contributed by atoms with van der Waals surface area (Å²) in [6.45, 7) is 5.94. The van der Waals surface area contributed by atoms with Gasteiger partial charge in [-0.15, -0.1) is 6.58 Å². The van der Waals surface area contributed by atoms with E-state index in [2.05, 4.69) is 29.2 Å². The highest BCUT2D eigenvalue weighted by Crippen LogP contribution is 2.55. The summed E-state index contributed by atoms with van der Waals surface area (Å²) in [4.78, 5) is 15.1. The second kappa shape index (κ2) is 12.3. The van der Waals surface area contributed by atoms with E-state index in [-0.39, 0.29) is 30.4 Å². The molecule has 4 saturated carbocycles. The van der Waals surface area contributed by atoms with Gasteiger partial charge in [-0.2, -0.15) is 0 Å². The number of aliphatic hydroxyl groups is 1. The Morgan fingerprint density at radius 3 is 2.17 bits per heavy atom. The van der Waals surface area contributed by atoms with Crippen molar-refractivity contribution in [2.45, 2.75) is 82.1 Å². The molecule has 3 N–H and O–H groups in total. The molecule has 2 aromatic carbocycles. The summed E-state index contributed by atoms with van der Waals surface area (Å²) in [5, 5.41) is 15.9. The molecule has 0 unspecified atom stereocenters. The number of nitrogens with zero attached hydrogens (tertiary/aromatic N) is 1. The molecule has 3 atom stereocenters. The van der Waals surface area contributed by atoms with Crippen LogP contribution in [-0.2, 0) is 22.6 Å². The predicted molar refractivity (Wildman–Crippen MR) is 159 cm³/mol. The Hall–Kier alpha value is -2.71. The van der Waals surface area contributed by atoms with Gasteiger partial charge in [-0.3, -0.25) is 0 Å². The van der Waals surface area contributed by atoms with Crippen LogP contribution in [0.15, 0.2) is 61.2 Å². The van der Waals surface area contributed by atoms with Crippen molar-refractivity contribution in [3.8, 4) is 0 Å². The van der Waals surface area contributed by atoms with Crippen LogP contribution in [0, 0.1) is 17.8 Å². The summed E-state index contributed by atoms with van der Waals surface area (Å²) >= 11 is 0. The summed E-state index contributed by atoms with van der Waals surface area (Å²) in [5.74, 6) is 2.42. The number of carbonyl (C=O) groups is 1. The van der Waals surface area contributed by atoms with Gasteiger partial charge in [0.15, 0.2) is 6.29 Å². The molecule has 7 heteroatoms. The van der Waals surface area contributed by atoms with Crippen LogP contribution in [0.5, 0.6) is 0 Å². The number of hydrogen-bond acceptors (Lipinski definition) is 5. The predicted octanol–water partition coefficient (Wildman–Crippen LogP) is 5.61. The van der Waals surface area contributed by atoms with E-state index in [9.17, 15) is 9.90 Å². The van der Waals surface area contributed by atoms with Gasteiger partial charge in [0.2, 0.25) is 0 Å². The zero-order valence-electron chi connectivity index (χ0n) is 24.3. The van der Waals surface area contributed by atoms with Crippen molar-refractivity contribution in [2.24, 2.45) is 17.8 Å². The minimum atomic E-state index is -0.491. The molecule has 4 bridgehead atoms. The number of rotatable bonds is 10. The van der Waals surface area contributed by atoms with E-state index in [1.807, 2.05) is 54.6 Å². The van der Waals surface area contributed by atoms with E-state index in [4.69, 9.17) is 9.47 Å². The lowest BCUT2D eigenvalue weighted by Crippen LogP contribution is -2.61. The van der Waals surface area contributed by atoms with E-state index in [1.165, 1.54) is 19.3 Å². The highest BCUT2D eigenvalue weighted by Gasteiger charge is 2.51. The molecule has 1 aliphatic heterocycles. The lowest BCUT2D eigenvalue weighted by Gasteiger charge is -2.56. The van der Waals surface area contributed by atoms with Gasteiger partial charge in [-0.05, 0) is 80.0 Å². The molecular weight excluding hydrogens is 514 g/mol. The number of hydrogen-bond donors (Lipinski definition) is 3. The Morgan fingerprint density at radius 1 is 0.951 bits per heavy atom. The first kappa shape index (κ1) is 28.4. The molecule has 5 fully saturated rings. The van der Waals surface area contributed by atoms with Gasteiger partial charge < -0.3 is 30.1 Å². The van der Waals surface area contributed by atoms with E-state index >= 15 is 0 Å². The molecule has 0 aromatic heterocycles. The van der Waals surface area contributed by atoms with Crippen LogP contribution in [0.3, 0.4) is 0 Å². The minimum absolute atomic E-state index is 0.00385. The average molecular weight is 560 g/mol. The number of amides is 2. The van der Waals surface area contributed by atoms with E-state index in [0.717, 1.165) is 78.8 Å². The van der Waals surface area contributed by atoms with Crippen molar-refractivity contribution in [2.75, 3.05) is 20.1 Å². The van der Waals surface area contributed by atoms with Crippen molar-refractivity contribution in [1.29, 1.82) is 0 Å². The quantitative estimate of drug-likeness (QED) is 0.330. The second-order valence-corrected chi connectivity index (χ2v) is 13.1. The Kier molecular flexibility index (Phi) is 8.50. The van der Waals surface area contributed by atoms with Gasteiger partial charge >= 0.3 is 6.03 Å². The van der Waals surface area contributed by atoms with Crippen LogP contribution in [0.4, 0.5) is 4.79 Å². The lowest BCUT2D eigenvalue weighted by atomic mass is 9.53. The third-order valence-corrected chi connectivity index (χ3v) is 9.69. The SMILES string of the molecule is C=CCN(C)C[C@H]1C[C@@H](c2ccc(CO)cc2)O[C@@H](c2ccc(CNC(=O)NC34CC5CC(CC(C5)C3)C4)cc2)O1. The number of carbonyl (C=O) groups excluding carboxylic acids is 1. The van der Waals surface area contributed by atoms with Crippen LogP contribution in [0.25, 0.3) is 0 Å². The third kappa shape index (κ3) is 6.69. The zero-order valence-corrected chi connectivity index (χ0v) is 24.3. The molecule has 7 rings (SSSR count). The molecule has 0 radical (unpaired) electrons. The maximum absolute atomic E-state index is 12.9. The molecule has 41 heavy (non-hydrogen) atoms. The third-order valence-electron chi connectivity index (χ3n) is 9.69. The number of nitrogens with one attached hydrogen (secondary N) is 2. The summed E-state index contributed by atoms with van der Waals surface area (Å²) in [6, 6.07) is 16.1. The van der Waals surface area contributed by atoms with Gasteiger partial charge in [0, 0.05) is 37.2 Å². The molecule has 1 saturated heterocycles. The van der Waals surface area contributed by atoms with Crippen LogP contribution in [0.1, 0.15) is 79.6 Å². The molecule has 220 valence electrons. The largest absolute Gasteiger partial charge is 0.392 e. The minimum Gasteiger partial charge on any atom is -0.392 e. The fraction of sp³-hybridized carbons (Fsp3) is 0.559. The lowest BCUT2D eigenvalue weighted by molar-refractivity contribution is -0.252. The average Bonchev–Trinajstić information content (AvgIpc) is 2.95. The number of ether oxygens (including phenoxy) is 2. The van der Waals surface area contributed by atoms with Crippen molar-refractivity contribution in [3.63, 3.8) is 0 Å². The van der Waals surface area contributed by atoms with Crippen LogP contribution >= 0.6 is 0 Å². The van der Waals surface area contributed by atoms with Crippen molar-refractivity contribution < 1.29 is 19.4 Å². The molecule has 7 nitrogen and oxygen atoms in total. The summed E-state index contributed by atoms with van der Waals surface area (Å²) in [7, 11) is 2.07. The van der Waals surface area contributed by atoms with Crippen LogP contribution in [-0.4, -0.2) is 47.8 Å². The standard InChI is InChI=1S/C34H45N3O4/c1-3-12-37(2)21-30-16-31(28-8-6-24(22-38)7-9-28)41-32(40-30)29-10-4-23(5-11-29)20-35-33(39)36-34-17-25-13-26(18-34)15-27(14-25)19-34/h3-11,25-27,30-32,38H,1,12-22H2,2H3,(H2,35,36,39)/t25?,26?,27?,30-,31+,32+,34?/m1/s1. The highest BCUT2D eigenvalue weighted by molar-refractivity contribution is 5.75. The number of aliphatic hydroxyl groups excluding tert-OH is 1. The zero-order chi connectivity index (χ0) is 28.4. The summed E-state index contributed by atoms with van der Waals surface area (Å²) < 4.78 is 12.9. The van der Waals surface area contributed by atoms with E-state index in [0.29, 0.717) is 6.54 Å². The van der Waals surface area contributed by atoms with E-state index in [1.54, 1.807) is 0 Å². The van der Waals surface area contributed by atoms with Gasteiger partial charge in [-0.25, -0.2) is 4.79 Å². The first-order chi connectivity index (χ1) is 19.9. The topological polar surface area (TPSA) is 83.1 Å². The Balaban J connectivity index is 1.07. The Labute approximate surface area is 244 Å². The number of urea groups is 1. The molecule has 2 aromatic rings. The first-order valence-corrected chi connectivity index (χ1v) is 15.3. The van der Waals surface area contributed by atoms with Gasteiger partial charge in [0.25, 0.3) is 0 Å². The van der Waals surface area contributed by atoms with Gasteiger partial charge in [0.1, 0.15) is 0 Å². The number of benzene rings is 2. The second-order valence-electron chi connectivity index (χ2n) is 13.1. The van der Waals surface area contributed by atoms with Gasteiger partial charge in [-0.1, -0.05) is 54.6 Å². The van der Waals surface area contributed by atoms with Crippen LogP contribution in [0.2, 0.25) is 0 Å². The molecular formula is C34H45N3O4. The molecule has 4 aliphatic carbocycles. The molecule has 0 spiro atoms. The first-order valence-electron chi connectivity index (χ1n) is 15.3. The molecule has 2 amide bonds. The monoisotopic (exact) mass is 559 g/mol. The van der Waals surface area contributed by atoms with E-state index < -0.39 is 6.29 Å². The molecule has 1 heterocycles. The maximum atomic E-state index is 12.9. The Morgan fingerprint density at radius 2 is 1.56 bits per heavy atom. The highest BCUT2D eigenvalue weighted by atomic mass is 16.7. The maximum Gasteiger partial charge on any atom is 0.315 e. The van der Waals surface area contributed by atoms with Gasteiger partial charge in [0.05, 0.1) is 18.8 Å². The Bertz CT molecular complexity index is 1160. The van der Waals surface area contributed by atoms with Crippen molar-refractivity contribution in [3.05, 3.63) is 83.4 Å².